The zero-order valence-corrected chi connectivity index (χ0v) is 15.3. The van der Waals surface area contributed by atoms with Gasteiger partial charge in [-0.25, -0.2) is 0 Å². The molecule has 0 saturated carbocycles. The van der Waals surface area contributed by atoms with E-state index in [1.54, 1.807) is 72.8 Å². The van der Waals surface area contributed by atoms with E-state index in [0.29, 0.717) is 11.3 Å². The molecular formula is C21H16BrF2NO. The fraction of sp³-hybridized carbons (Fsp3) is 0.0952. The molecule has 0 spiro atoms. The number of Topliss-reactive ketones (excluding diaryl/α,β-unsaturated/α-hetero) is 1. The molecule has 5 heteroatoms. The zero-order chi connectivity index (χ0) is 18.6. The largest absolute Gasteiger partial charge is 0.372 e. The minimum atomic E-state index is -3.63. The van der Waals surface area contributed by atoms with Crippen LogP contribution in [-0.2, 0) is 0 Å². The molecule has 0 aromatic heterocycles. The van der Waals surface area contributed by atoms with Crippen molar-refractivity contribution in [3.8, 4) is 0 Å². The highest BCUT2D eigenvalue weighted by Crippen LogP contribution is 2.37. The molecule has 0 bridgehead atoms. The maximum atomic E-state index is 15.2. The molecule has 0 aliphatic rings. The summed E-state index contributed by atoms with van der Waals surface area (Å²) < 4.78 is 31.2. The van der Waals surface area contributed by atoms with Crippen molar-refractivity contribution < 1.29 is 13.6 Å². The van der Waals surface area contributed by atoms with Crippen molar-refractivity contribution in [1.29, 1.82) is 0 Å². The van der Waals surface area contributed by atoms with E-state index in [2.05, 4.69) is 21.2 Å². The summed E-state index contributed by atoms with van der Waals surface area (Å²) in [6, 6.07) is 21.3. The van der Waals surface area contributed by atoms with Gasteiger partial charge in [0.05, 0.1) is 0 Å². The Hall–Kier alpha value is -2.53. The van der Waals surface area contributed by atoms with Gasteiger partial charge < -0.3 is 5.32 Å². The number of ketones is 1. The standard InChI is InChI=1S/C21H16BrF2NO/c22-17-11-13-18(14-12-17)25-19(15-7-3-1-4-8-15)21(23,24)20(26)16-9-5-2-6-10-16/h1-14,19,25H. The van der Waals surface area contributed by atoms with Gasteiger partial charge in [-0.2, -0.15) is 8.78 Å². The molecule has 0 heterocycles. The van der Waals surface area contributed by atoms with Crippen LogP contribution in [0.2, 0.25) is 0 Å². The molecule has 1 atom stereocenters. The first kappa shape index (κ1) is 18.3. The van der Waals surface area contributed by atoms with Crippen molar-refractivity contribution in [3.63, 3.8) is 0 Å². The van der Waals surface area contributed by atoms with Crippen molar-refractivity contribution in [2.45, 2.75) is 12.0 Å². The van der Waals surface area contributed by atoms with Crippen LogP contribution in [0.3, 0.4) is 0 Å². The Balaban J connectivity index is 1.99. The van der Waals surface area contributed by atoms with Crippen LogP contribution in [0.4, 0.5) is 14.5 Å². The SMILES string of the molecule is O=C(c1ccccc1)C(F)(F)C(Nc1ccc(Br)cc1)c1ccccc1. The third-order valence-electron chi connectivity index (χ3n) is 3.99. The second-order valence-corrected chi connectivity index (χ2v) is 6.73. The van der Waals surface area contributed by atoms with Crippen LogP contribution < -0.4 is 5.32 Å². The lowest BCUT2D eigenvalue weighted by molar-refractivity contribution is -0.00268. The number of anilines is 1. The predicted molar refractivity (Wildman–Crippen MR) is 103 cm³/mol. The quantitative estimate of drug-likeness (QED) is 0.491. The molecule has 0 fully saturated rings. The lowest BCUT2D eigenvalue weighted by Crippen LogP contribution is -2.40. The van der Waals surface area contributed by atoms with Crippen LogP contribution in [0.5, 0.6) is 0 Å². The lowest BCUT2D eigenvalue weighted by atomic mass is 9.93. The van der Waals surface area contributed by atoms with Gasteiger partial charge in [0, 0.05) is 15.7 Å². The number of benzene rings is 3. The predicted octanol–water partition coefficient (Wildman–Crippen LogP) is 6.12. The van der Waals surface area contributed by atoms with E-state index >= 15 is 8.78 Å². The normalized spacial score (nSPS) is 12.4. The van der Waals surface area contributed by atoms with Gasteiger partial charge in [-0.1, -0.05) is 76.6 Å². The third-order valence-corrected chi connectivity index (χ3v) is 4.52. The Labute approximate surface area is 159 Å². The number of carbonyl (C=O) groups excluding carboxylic acids is 1. The lowest BCUT2D eigenvalue weighted by Gasteiger charge is -2.28. The number of alkyl halides is 2. The van der Waals surface area contributed by atoms with E-state index in [-0.39, 0.29) is 5.56 Å². The van der Waals surface area contributed by atoms with Gasteiger partial charge in [0.2, 0.25) is 5.78 Å². The van der Waals surface area contributed by atoms with Crippen LogP contribution >= 0.6 is 15.9 Å². The van der Waals surface area contributed by atoms with Gasteiger partial charge in [0.15, 0.2) is 0 Å². The molecule has 0 aliphatic heterocycles. The van der Waals surface area contributed by atoms with Gasteiger partial charge in [-0.05, 0) is 29.8 Å². The van der Waals surface area contributed by atoms with Gasteiger partial charge in [0.25, 0.3) is 0 Å². The number of rotatable bonds is 6. The molecular weight excluding hydrogens is 400 g/mol. The minimum absolute atomic E-state index is 0.0176. The van der Waals surface area contributed by atoms with Gasteiger partial charge >= 0.3 is 5.92 Å². The number of hydrogen-bond donors (Lipinski definition) is 1. The first-order valence-electron chi connectivity index (χ1n) is 8.03. The van der Waals surface area contributed by atoms with Crippen LogP contribution in [0.25, 0.3) is 0 Å². The maximum Gasteiger partial charge on any atom is 0.333 e. The average molecular weight is 416 g/mol. The fourth-order valence-electron chi connectivity index (χ4n) is 2.65. The molecule has 1 N–H and O–H groups in total. The summed E-state index contributed by atoms with van der Waals surface area (Å²) in [4.78, 5) is 12.5. The molecule has 0 radical (unpaired) electrons. The molecule has 0 saturated heterocycles. The highest BCUT2D eigenvalue weighted by atomic mass is 79.9. The summed E-state index contributed by atoms with van der Waals surface area (Å²) in [6.45, 7) is 0. The van der Waals surface area contributed by atoms with E-state index < -0.39 is 17.7 Å². The first-order valence-corrected chi connectivity index (χ1v) is 8.82. The Morgan fingerprint density at radius 1 is 0.846 bits per heavy atom. The first-order chi connectivity index (χ1) is 12.5. The zero-order valence-electron chi connectivity index (χ0n) is 13.7. The second-order valence-electron chi connectivity index (χ2n) is 5.81. The molecule has 3 rings (SSSR count). The summed E-state index contributed by atoms with van der Waals surface area (Å²) in [6.07, 6.45) is 0. The van der Waals surface area contributed by atoms with Crippen molar-refractivity contribution in [3.05, 3.63) is 101 Å². The van der Waals surface area contributed by atoms with Crippen molar-refractivity contribution in [2.75, 3.05) is 5.32 Å². The van der Waals surface area contributed by atoms with Gasteiger partial charge in [0.1, 0.15) is 6.04 Å². The van der Waals surface area contributed by atoms with Crippen molar-refractivity contribution >= 4 is 27.4 Å². The second kappa shape index (κ2) is 7.79. The molecule has 3 aromatic rings. The highest BCUT2D eigenvalue weighted by Gasteiger charge is 2.48. The molecule has 0 aliphatic carbocycles. The molecule has 0 amide bonds. The van der Waals surface area contributed by atoms with Crippen molar-refractivity contribution in [2.24, 2.45) is 0 Å². The summed E-state index contributed by atoms with van der Waals surface area (Å²) in [7, 11) is 0. The Morgan fingerprint density at radius 2 is 1.38 bits per heavy atom. The highest BCUT2D eigenvalue weighted by molar-refractivity contribution is 9.10. The van der Waals surface area contributed by atoms with E-state index in [0.717, 1.165) is 4.47 Å². The minimum Gasteiger partial charge on any atom is -0.372 e. The van der Waals surface area contributed by atoms with Gasteiger partial charge in [-0.15, -0.1) is 0 Å². The van der Waals surface area contributed by atoms with Crippen LogP contribution in [-0.4, -0.2) is 11.7 Å². The van der Waals surface area contributed by atoms with E-state index in [9.17, 15) is 4.79 Å². The Kier molecular flexibility index (Phi) is 5.47. The number of carbonyl (C=O) groups is 1. The molecule has 1 unspecified atom stereocenters. The smallest absolute Gasteiger partial charge is 0.333 e. The number of nitrogens with one attached hydrogen (secondary N) is 1. The monoisotopic (exact) mass is 415 g/mol. The molecule has 132 valence electrons. The van der Waals surface area contributed by atoms with E-state index in [1.807, 2.05) is 0 Å². The fourth-order valence-corrected chi connectivity index (χ4v) is 2.92. The summed E-state index contributed by atoms with van der Waals surface area (Å²) in [5.41, 5.74) is 0.823. The summed E-state index contributed by atoms with van der Waals surface area (Å²) in [5.74, 6) is -4.84. The van der Waals surface area contributed by atoms with E-state index in [4.69, 9.17) is 0 Å². The molecule has 2 nitrogen and oxygen atoms in total. The van der Waals surface area contributed by atoms with Gasteiger partial charge in [-0.3, -0.25) is 4.79 Å². The maximum absolute atomic E-state index is 15.2. The van der Waals surface area contributed by atoms with Crippen LogP contribution in [0, 0.1) is 0 Å². The average Bonchev–Trinajstić information content (AvgIpc) is 2.68. The Bertz CT molecular complexity index is 868. The summed E-state index contributed by atoms with van der Waals surface area (Å²) in [5, 5.41) is 2.82. The molecule has 26 heavy (non-hydrogen) atoms. The third kappa shape index (κ3) is 3.99. The number of hydrogen-bond acceptors (Lipinski definition) is 2. The number of halogens is 3. The van der Waals surface area contributed by atoms with E-state index in [1.165, 1.54) is 12.1 Å². The Morgan fingerprint density at radius 3 is 1.96 bits per heavy atom. The van der Waals surface area contributed by atoms with Crippen molar-refractivity contribution in [1.82, 2.24) is 0 Å². The van der Waals surface area contributed by atoms with Crippen LogP contribution in [0.1, 0.15) is 22.0 Å². The topological polar surface area (TPSA) is 29.1 Å². The van der Waals surface area contributed by atoms with Crippen LogP contribution in [0.15, 0.2) is 89.4 Å². The summed E-state index contributed by atoms with van der Waals surface area (Å²) >= 11 is 3.32. The molecule has 3 aromatic carbocycles.